The van der Waals surface area contributed by atoms with Crippen LogP contribution in [0.5, 0.6) is 0 Å². The Kier molecular flexibility index (Phi) is 2.78. The molecule has 0 aliphatic rings. The van der Waals surface area contributed by atoms with Crippen molar-refractivity contribution in [2.75, 3.05) is 5.32 Å². The van der Waals surface area contributed by atoms with Gasteiger partial charge in [0, 0.05) is 23.3 Å². The van der Waals surface area contributed by atoms with Crippen molar-refractivity contribution < 1.29 is 0 Å². The van der Waals surface area contributed by atoms with Crippen LogP contribution >= 0.6 is 11.6 Å². The summed E-state index contributed by atoms with van der Waals surface area (Å²) in [6, 6.07) is 11.6. The van der Waals surface area contributed by atoms with E-state index in [1.807, 2.05) is 30.3 Å². The number of hydrogen-bond acceptors (Lipinski definition) is 4. The van der Waals surface area contributed by atoms with Crippen LogP contribution in [0.15, 0.2) is 48.9 Å². The van der Waals surface area contributed by atoms with Crippen LogP contribution in [0.3, 0.4) is 0 Å². The van der Waals surface area contributed by atoms with Crippen molar-refractivity contribution >= 4 is 34.0 Å². The van der Waals surface area contributed by atoms with Gasteiger partial charge < -0.3 is 5.32 Å². The summed E-state index contributed by atoms with van der Waals surface area (Å²) in [6.07, 6.45) is 3.19. The molecule has 0 radical (unpaired) electrons. The molecule has 0 spiro atoms. The average Bonchev–Trinajstić information content (AvgIpc) is 2.39. The molecule has 2 heterocycles. The number of fused-ring (bicyclic) bond motifs is 1. The van der Waals surface area contributed by atoms with Crippen LogP contribution < -0.4 is 5.32 Å². The SMILES string of the molecule is Clc1cc(Nc2ccc3cccnc3c2)ncn1. The van der Waals surface area contributed by atoms with Crippen molar-refractivity contribution in [2.45, 2.75) is 0 Å². The van der Waals surface area contributed by atoms with E-state index in [2.05, 4.69) is 20.3 Å². The molecule has 0 amide bonds. The highest BCUT2D eigenvalue weighted by Gasteiger charge is 2.00. The minimum absolute atomic E-state index is 0.409. The highest BCUT2D eigenvalue weighted by atomic mass is 35.5. The molecule has 1 N–H and O–H groups in total. The lowest BCUT2D eigenvalue weighted by atomic mass is 10.2. The minimum atomic E-state index is 0.409. The molecule has 0 aliphatic heterocycles. The Morgan fingerprint density at radius 2 is 1.94 bits per heavy atom. The minimum Gasteiger partial charge on any atom is -0.340 e. The van der Waals surface area contributed by atoms with E-state index in [1.165, 1.54) is 6.33 Å². The third-order valence-electron chi connectivity index (χ3n) is 2.51. The fourth-order valence-corrected chi connectivity index (χ4v) is 1.84. The lowest BCUT2D eigenvalue weighted by Gasteiger charge is -2.06. The predicted octanol–water partition coefficient (Wildman–Crippen LogP) is 3.42. The van der Waals surface area contributed by atoms with Crippen LogP contribution in [0.25, 0.3) is 10.9 Å². The lowest BCUT2D eigenvalue weighted by molar-refractivity contribution is 1.17. The first-order valence-corrected chi connectivity index (χ1v) is 5.78. The van der Waals surface area contributed by atoms with Crippen LogP contribution in [-0.4, -0.2) is 15.0 Å². The van der Waals surface area contributed by atoms with Gasteiger partial charge in [-0.1, -0.05) is 23.7 Å². The number of halogens is 1. The summed E-state index contributed by atoms with van der Waals surface area (Å²) in [5.41, 5.74) is 1.85. The number of hydrogen-bond donors (Lipinski definition) is 1. The number of anilines is 2. The van der Waals surface area contributed by atoms with Gasteiger partial charge >= 0.3 is 0 Å². The zero-order chi connectivity index (χ0) is 12.4. The number of aromatic nitrogens is 3. The topological polar surface area (TPSA) is 50.7 Å². The number of nitrogens with zero attached hydrogens (tertiary/aromatic N) is 3. The lowest BCUT2D eigenvalue weighted by Crippen LogP contribution is -1.94. The quantitative estimate of drug-likeness (QED) is 0.714. The number of benzene rings is 1. The van der Waals surface area contributed by atoms with E-state index < -0.39 is 0 Å². The van der Waals surface area contributed by atoms with Crippen LogP contribution in [0.2, 0.25) is 5.15 Å². The van der Waals surface area contributed by atoms with Gasteiger partial charge in [0.15, 0.2) is 0 Å². The molecule has 0 bridgehead atoms. The largest absolute Gasteiger partial charge is 0.340 e. The zero-order valence-corrected chi connectivity index (χ0v) is 10.1. The van der Waals surface area contributed by atoms with Gasteiger partial charge in [-0.3, -0.25) is 4.98 Å². The molecule has 88 valence electrons. The van der Waals surface area contributed by atoms with Crippen molar-refractivity contribution in [3.63, 3.8) is 0 Å². The summed E-state index contributed by atoms with van der Waals surface area (Å²) in [7, 11) is 0. The molecule has 3 aromatic rings. The molecular weight excluding hydrogens is 248 g/mol. The molecule has 4 nitrogen and oxygen atoms in total. The Balaban J connectivity index is 1.95. The molecule has 2 aromatic heterocycles. The van der Waals surface area contributed by atoms with E-state index in [0.29, 0.717) is 11.0 Å². The van der Waals surface area contributed by atoms with Gasteiger partial charge in [-0.15, -0.1) is 0 Å². The molecule has 0 saturated carbocycles. The normalized spacial score (nSPS) is 10.5. The van der Waals surface area contributed by atoms with Crippen molar-refractivity contribution in [1.29, 1.82) is 0 Å². The monoisotopic (exact) mass is 256 g/mol. The Morgan fingerprint density at radius 3 is 2.83 bits per heavy atom. The van der Waals surface area contributed by atoms with Gasteiger partial charge in [0.25, 0.3) is 0 Å². The van der Waals surface area contributed by atoms with Gasteiger partial charge in [0.1, 0.15) is 17.3 Å². The Morgan fingerprint density at radius 1 is 1.00 bits per heavy atom. The third-order valence-corrected chi connectivity index (χ3v) is 2.72. The van der Waals surface area contributed by atoms with Gasteiger partial charge in [-0.05, 0) is 18.2 Å². The first-order valence-electron chi connectivity index (χ1n) is 5.41. The van der Waals surface area contributed by atoms with E-state index in [1.54, 1.807) is 12.3 Å². The molecule has 0 atom stereocenters. The van der Waals surface area contributed by atoms with Crippen molar-refractivity contribution in [3.05, 3.63) is 54.1 Å². The molecular formula is C13H9ClN4. The average molecular weight is 257 g/mol. The van der Waals surface area contributed by atoms with Crippen molar-refractivity contribution in [1.82, 2.24) is 15.0 Å². The first-order chi connectivity index (χ1) is 8.81. The summed E-state index contributed by atoms with van der Waals surface area (Å²) in [5.74, 6) is 0.658. The first kappa shape index (κ1) is 10.9. The predicted molar refractivity (Wildman–Crippen MR) is 72.1 cm³/mol. The summed E-state index contributed by atoms with van der Waals surface area (Å²) >= 11 is 5.80. The second-order valence-electron chi connectivity index (χ2n) is 3.76. The van der Waals surface area contributed by atoms with Crippen LogP contribution in [0.1, 0.15) is 0 Å². The van der Waals surface area contributed by atoms with Crippen LogP contribution in [0, 0.1) is 0 Å². The maximum atomic E-state index is 5.80. The maximum absolute atomic E-state index is 5.80. The standard InChI is InChI=1S/C13H9ClN4/c14-12-7-13(17-8-16-12)18-10-4-3-9-2-1-5-15-11(9)6-10/h1-8H,(H,16,17,18). The van der Waals surface area contributed by atoms with Crippen molar-refractivity contribution in [2.24, 2.45) is 0 Å². The molecule has 5 heteroatoms. The van der Waals surface area contributed by atoms with E-state index in [0.717, 1.165) is 16.6 Å². The Labute approximate surface area is 109 Å². The second kappa shape index (κ2) is 4.58. The van der Waals surface area contributed by atoms with Crippen molar-refractivity contribution in [3.8, 4) is 0 Å². The summed E-state index contributed by atoms with van der Waals surface area (Å²) in [4.78, 5) is 12.2. The zero-order valence-electron chi connectivity index (χ0n) is 9.34. The van der Waals surface area contributed by atoms with Gasteiger partial charge in [0.05, 0.1) is 5.52 Å². The molecule has 0 fully saturated rings. The Hall–Kier alpha value is -2.20. The van der Waals surface area contributed by atoms with E-state index in [-0.39, 0.29) is 0 Å². The molecule has 3 rings (SSSR count). The number of pyridine rings is 1. The number of rotatable bonds is 2. The fraction of sp³-hybridized carbons (Fsp3) is 0. The highest BCUT2D eigenvalue weighted by molar-refractivity contribution is 6.29. The molecule has 0 saturated heterocycles. The van der Waals surface area contributed by atoms with Gasteiger partial charge in [-0.2, -0.15) is 0 Å². The Bertz CT molecular complexity index is 699. The molecule has 0 unspecified atom stereocenters. The molecule has 0 aliphatic carbocycles. The van der Waals surface area contributed by atoms with E-state index >= 15 is 0 Å². The summed E-state index contributed by atoms with van der Waals surface area (Å²) in [5, 5.41) is 4.67. The van der Waals surface area contributed by atoms with E-state index in [9.17, 15) is 0 Å². The fourth-order valence-electron chi connectivity index (χ4n) is 1.69. The second-order valence-corrected chi connectivity index (χ2v) is 4.15. The third kappa shape index (κ3) is 2.24. The molecule has 1 aromatic carbocycles. The molecule has 18 heavy (non-hydrogen) atoms. The summed E-state index contributed by atoms with van der Waals surface area (Å²) < 4.78 is 0. The smallest absolute Gasteiger partial charge is 0.135 e. The van der Waals surface area contributed by atoms with Gasteiger partial charge in [-0.25, -0.2) is 9.97 Å². The van der Waals surface area contributed by atoms with Gasteiger partial charge in [0.2, 0.25) is 0 Å². The number of nitrogens with one attached hydrogen (secondary N) is 1. The van der Waals surface area contributed by atoms with E-state index in [4.69, 9.17) is 11.6 Å². The van der Waals surface area contributed by atoms with Crippen LogP contribution in [-0.2, 0) is 0 Å². The summed E-state index contributed by atoms with van der Waals surface area (Å²) in [6.45, 7) is 0. The highest BCUT2D eigenvalue weighted by Crippen LogP contribution is 2.20. The van der Waals surface area contributed by atoms with Crippen LogP contribution in [0.4, 0.5) is 11.5 Å². The maximum Gasteiger partial charge on any atom is 0.135 e.